The van der Waals surface area contributed by atoms with Crippen LogP contribution in [0.25, 0.3) is 0 Å². The molecule has 0 fully saturated rings. The SMILES string of the molecule is C#CC#CC#CC#CC#CC#CC#CC#CC#Cc1ccc(S(=O)(=O)NC(=O)C(C)CC)cc1. The second-order valence-corrected chi connectivity index (χ2v) is 7.63. The molecule has 1 atom stereocenters. The highest BCUT2D eigenvalue weighted by Gasteiger charge is 2.20. The number of hydrogen-bond acceptors (Lipinski definition) is 3. The van der Waals surface area contributed by atoms with Crippen LogP contribution in [0, 0.1) is 113 Å². The Morgan fingerprint density at radius 2 is 1.21 bits per heavy atom. The number of terminal acetylenes is 1. The van der Waals surface area contributed by atoms with E-state index in [1.54, 1.807) is 13.8 Å². The van der Waals surface area contributed by atoms with Crippen LogP contribution in [0.4, 0.5) is 0 Å². The highest BCUT2D eigenvalue weighted by Crippen LogP contribution is 2.11. The summed E-state index contributed by atoms with van der Waals surface area (Å²) >= 11 is 0. The Balaban J connectivity index is 2.66. The molecular formula is C29H15NO3S. The van der Waals surface area contributed by atoms with Gasteiger partial charge in [-0.1, -0.05) is 19.8 Å². The number of nitrogens with one attached hydrogen (secondary N) is 1. The predicted molar refractivity (Wildman–Crippen MR) is 131 cm³/mol. The summed E-state index contributed by atoms with van der Waals surface area (Å²) < 4.78 is 26.6. The number of carbonyl (C=O) groups excluding carboxylic acids is 1. The highest BCUT2D eigenvalue weighted by molar-refractivity contribution is 7.90. The van der Waals surface area contributed by atoms with Gasteiger partial charge in [-0.2, -0.15) is 0 Å². The van der Waals surface area contributed by atoms with Gasteiger partial charge in [0.05, 0.1) is 4.90 Å². The summed E-state index contributed by atoms with van der Waals surface area (Å²) in [5.41, 5.74) is 0.554. The molecule has 0 aliphatic rings. The summed E-state index contributed by atoms with van der Waals surface area (Å²) in [6.07, 6.45) is 5.47. The van der Waals surface area contributed by atoms with Crippen LogP contribution >= 0.6 is 0 Å². The third-order valence-corrected chi connectivity index (χ3v) is 4.98. The maximum absolute atomic E-state index is 12.2. The van der Waals surface area contributed by atoms with Gasteiger partial charge in [-0.3, -0.25) is 4.79 Å². The van der Waals surface area contributed by atoms with E-state index in [0.717, 1.165) is 0 Å². The lowest BCUT2D eigenvalue weighted by atomic mass is 10.1. The molecule has 0 saturated carbocycles. The fourth-order valence-corrected chi connectivity index (χ4v) is 2.82. The van der Waals surface area contributed by atoms with Crippen molar-refractivity contribution in [2.75, 3.05) is 0 Å². The van der Waals surface area contributed by atoms with Gasteiger partial charge in [-0.25, -0.2) is 13.1 Å². The molecule has 1 rings (SSSR count). The van der Waals surface area contributed by atoms with Crippen molar-refractivity contribution in [3.8, 4) is 107 Å². The van der Waals surface area contributed by atoms with E-state index in [2.05, 4.69) is 105 Å². The summed E-state index contributed by atoms with van der Waals surface area (Å²) in [4.78, 5) is 11.8. The van der Waals surface area contributed by atoms with E-state index in [-0.39, 0.29) is 4.90 Å². The molecule has 0 aromatic heterocycles. The van der Waals surface area contributed by atoms with Crippen molar-refractivity contribution in [2.45, 2.75) is 25.2 Å². The van der Waals surface area contributed by atoms with Gasteiger partial charge in [0.15, 0.2) is 0 Å². The zero-order valence-electron chi connectivity index (χ0n) is 18.3. The van der Waals surface area contributed by atoms with E-state index in [1.165, 1.54) is 24.3 Å². The third kappa shape index (κ3) is 11.2. The monoisotopic (exact) mass is 457 g/mol. The molecular weight excluding hydrogens is 442 g/mol. The number of benzene rings is 1. The first kappa shape index (κ1) is 26.7. The first-order valence-electron chi connectivity index (χ1n) is 9.54. The normalized spacial score (nSPS) is 8.50. The van der Waals surface area contributed by atoms with Gasteiger partial charge < -0.3 is 0 Å². The average Bonchev–Trinajstić information content (AvgIpc) is 2.83. The van der Waals surface area contributed by atoms with Crippen molar-refractivity contribution in [2.24, 2.45) is 5.92 Å². The molecule has 0 aliphatic carbocycles. The molecule has 0 heterocycles. The lowest BCUT2D eigenvalue weighted by Crippen LogP contribution is -2.34. The van der Waals surface area contributed by atoms with Crippen LogP contribution in [0.5, 0.6) is 0 Å². The van der Waals surface area contributed by atoms with Crippen LogP contribution in [0.2, 0.25) is 0 Å². The van der Waals surface area contributed by atoms with E-state index < -0.39 is 21.8 Å². The van der Waals surface area contributed by atoms with E-state index in [0.29, 0.717) is 12.0 Å². The minimum Gasteiger partial charge on any atom is -0.274 e. The van der Waals surface area contributed by atoms with Gasteiger partial charge >= 0.3 is 0 Å². The van der Waals surface area contributed by atoms with Crippen LogP contribution < -0.4 is 4.72 Å². The fourth-order valence-electron chi connectivity index (χ4n) is 1.74. The topological polar surface area (TPSA) is 63.2 Å². The zero-order chi connectivity index (χ0) is 25.1. The second kappa shape index (κ2) is 15.5. The molecule has 1 N–H and O–H groups in total. The minimum absolute atomic E-state index is 0.0263. The Morgan fingerprint density at radius 3 is 1.62 bits per heavy atom. The summed E-state index contributed by atoms with van der Waals surface area (Å²) in [6, 6.07) is 5.77. The van der Waals surface area contributed by atoms with Crippen LogP contribution in [0.3, 0.4) is 0 Å². The van der Waals surface area contributed by atoms with E-state index in [1.807, 2.05) is 0 Å². The number of hydrogen-bond donors (Lipinski definition) is 1. The molecule has 1 aromatic rings. The largest absolute Gasteiger partial charge is 0.274 e. The maximum Gasteiger partial charge on any atom is 0.264 e. The molecule has 0 bridgehead atoms. The molecule has 0 spiro atoms. The molecule has 0 saturated heterocycles. The van der Waals surface area contributed by atoms with Gasteiger partial charge in [0, 0.05) is 11.5 Å². The lowest BCUT2D eigenvalue weighted by molar-refractivity contribution is -0.122. The van der Waals surface area contributed by atoms with Crippen LogP contribution in [0.15, 0.2) is 29.2 Å². The highest BCUT2D eigenvalue weighted by atomic mass is 32.2. The fraction of sp³-hybridized carbons (Fsp3) is 0.138. The Hall–Kier alpha value is -5.32. The smallest absolute Gasteiger partial charge is 0.264 e. The Labute approximate surface area is 201 Å². The molecule has 4 nitrogen and oxygen atoms in total. The Kier molecular flexibility index (Phi) is 12.2. The van der Waals surface area contributed by atoms with Crippen LogP contribution in [0.1, 0.15) is 25.8 Å². The number of carbonyl (C=O) groups is 1. The summed E-state index contributed by atoms with van der Waals surface area (Å²) in [5.74, 6) is 41.1. The van der Waals surface area contributed by atoms with Crippen molar-refractivity contribution < 1.29 is 13.2 Å². The first-order chi connectivity index (χ1) is 16.4. The van der Waals surface area contributed by atoms with E-state index in [9.17, 15) is 13.2 Å². The number of amides is 1. The predicted octanol–water partition coefficient (Wildman–Crippen LogP) is 1.55. The average molecular weight is 458 g/mol. The van der Waals surface area contributed by atoms with E-state index >= 15 is 0 Å². The molecule has 34 heavy (non-hydrogen) atoms. The maximum atomic E-state index is 12.2. The Bertz CT molecular complexity index is 1590. The Morgan fingerprint density at radius 1 is 0.794 bits per heavy atom. The summed E-state index contributed by atoms with van der Waals surface area (Å²) in [5, 5.41) is 0. The summed E-state index contributed by atoms with van der Waals surface area (Å²) in [7, 11) is -3.92. The van der Waals surface area contributed by atoms with Crippen molar-refractivity contribution in [1.82, 2.24) is 4.72 Å². The van der Waals surface area contributed by atoms with Gasteiger partial charge in [0.25, 0.3) is 10.0 Å². The van der Waals surface area contributed by atoms with Gasteiger partial charge in [-0.05, 0) is 125 Å². The van der Waals surface area contributed by atoms with Gasteiger partial charge in [0.1, 0.15) is 0 Å². The summed E-state index contributed by atoms with van der Waals surface area (Å²) in [6.45, 7) is 3.46. The molecule has 160 valence electrons. The minimum atomic E-state index is -3.92. The van der Waals surface area contributed by atoms with Gasteiger partial charge in [-0.15, -0.1) is 6.42 Å². The number of rotatable bonds is 4. The van der Waals surface area contributed by atoms with Crippen LogP contribution in [-0.2, 0) is 14.8 Å². The second-order valence-electron chi connectivity index (χ2n) is 5.95. The molecule has 0 aliphatic heterocycles. The molecule has 1 amide bonds. The van der Waals surface area contributed by atoms with Crippen molar-refractivity contribution in [3.05, 3.63) is 29.8 Å². The lowest BCUT2D eigenvalue weighted by Gasteiger charge is -2.10. The van der Waals surface area contributed by atoms with Crippen molar-refractivity contribution in [1.29, 1.82) is 0 Å². The molecule has 5 heteroatoms. The van der Waals surface area contributed by atoms with E-state index in [4.69, 9.17) is 6.42 Å². The first-order valence-corrected chi connectivity index (χ1v) is 11.0. The van der Waals surface area contributed by atoms with Crippen molar-refractivity contribution in [3.63, 3.8) is 0 Å². The molecule has 0 radical (unpaired) electrons. The molecule has 1 unspecified atom stereocenters. The number of sulfonamides is 1. The van der Waals surface area contributed by atoms with Crippen molar-refractivity contribution >= 4 is 15.9 Å². The van der Waals surface area contributed by atoms with Crippen LogP contribution in [-0.4, -0.2) is 14.3 Å². The third-order valence-electron chi connectivity index (χ3n) is 3.61. The molecule has 1 aromatic carbocycles. The van der Waals surface area contributed by atoms with Gasteiger partial charge in [0.2, 0.25) is 5.91 Å². The zero-order valence-corrected chi connectivity index (χ0v) is 19.1. The quantitative estimate of drug-likeness (QED) is 0.698. The standard InChI is InChI=1S/C29H15NO3S/c1-4-6-7-8-9-10-11-12-13-14-15-16-17-18-19-20-21-27-22-24-28(25-23-27)34(32,33)30-29(31)26(3)5-2/h1,22-26H,5H2,2-3H3,(H,30,31).